The highest BCUT2D eigenvalue weighted by Crippen LogP contribution is 2.27. The van der Waals surface area contributed by atoms with Crippen LogP contribution in [0, 0.1) is 11.3 Å². The molecule has 0 saturated heterocycles. The molecule has 0 aromatic heterocycles. The van der Waals surface area contributed by atoms with E-state index >= 15 is 0 Å². The van der Waals surface area contributed by atoms with Crippen molar-refractivity contribution in [1.82, 2.24) is 0 Å². The molecule has 1 N–H and O–H groups in total. The number of anilines is 1. The summed E-state index contributed by atoms with van der Waals surface area (Å²) in [6, 6.07) is 23.9. The second kappa shape index (κ2) is 10.5. The quantitative estimate of drug-likeness (QED) is 0.422. The number of nitriles is 1. The topological polar surface area (TPSA) is 80.6 Å². The molecule has 156 valence electrons. The van der Waals surface area contributed by atoms with Gasteiger partial charge >= 0.3 is 0 Å². The molecule has 0 spiro atoms. The highest BCUT2D eigenvalue weighted by atomic mass is 16.5. The Hall–Kier alpha value is -4.24. The molecular weight excluding hydrogens is 392 g/mol. The number of methoxy groups -OCH3 is 2. The first-order valence-corrected chi connectivity index (χ1v) is 9.55. The first-order valence-electron chi connectivity index (χ1n) is 9.55. The molecule has 6 heteroatoms. The minimum Gasteiger partial charge on any atom is -0.497 e. The molecule has 0 aliphatic rings. The molecule has 0 heterocycles. The van der Waals surface area contributed by atoms with Gasteiger partial charge in [-0.2, -0.15) is 5.26 Å². The molecule has 1 amide bonds. The van der Waals surface area contributed by atoms with Gasteiger partial charge in [0.1, 0.15) is 35.5 Å². The van der Waals surface area contributed by atoms with E-state index in [9.17, 15) is 10.1 Å². The fourth-order valence-corrected chi connectivity index (χ4v) is 2.82. The molecule has 0 aliphatic heterocycles. The molecule has 3 aromatic carbocycles. The number of carbonyl (C=O) groups excluding carboxylic acids is 1. The summed E-state index contributed by atoms with van der Waals surface area (Å²) in [5.74, 6) is 1.28. The second-order valence-corrected chi connectivity index (χ2v) is 6.53. The second-order valence-electron chi connectivity index (χ2n) is 6.53. The highest BCUT2D eigenvalue weighted by molar-refractivity contribution is 6.09. The van der Waals surface area contributed by atoms with Gasteiger partial charge in [-0.05, 0) is 48.0 Å². The monoisotopic (exact) mass is 414 g/mol. The minimum absolute atomic E-state index is 0.0483. The van der Waals surface area contributed by atoms with Gasteiger partial charge in [-0.1, -0.05) is 30.3 Å². The predicted octanol–water partition coefficient (Wildman–Crippen LogP) is 4.83. The van der Waals surface area contributed by atoms with E-state index in [4.69, 9.17) is 14.2 Å². The van der Waals surface area contributed by atoms with Crippen molar-refractivity contribution < 1.29 is 19.0 Å². The lowest BCUT2D eigenvalue weighted by atomic mass is 10.1. The number of hydrogen-bond acceptors (Lipinski definition) is 5. The Kier molecular flexibility index (Phi) is 7.28. The normalized spacial score (nSPS) is 10.7. The van der Waals surface area contributed by atoms with E-state index in [2.05, 4.69) is 5.32 Å². The maximum Gasteiger partial charge on any atom is 0.266 e. The van der Waals surface area contributed by atoms with E-state index in [0.29, 0.717) is 35.1 Å². The van der Waals surface area contributed by atoms with E-state index < -0.39 is 5.91 Å². The first kappa shape index (κ1) is 21.5. The van der Waals surface area contributed by atoms with Crippen molar-refractivity contribution in [3.63, 3.8) is 0 Å². The van der Waals surface area contributed by atoms with Crippen LogP contribution in [0.4, 0.5) is 5.69 Å². The Morgan fingerprint density at radius 2 is 1.68 bits per heavy atom. The number of rotatable bonds is 8. The van der Waals surface area contributed by atoms with Gasteiger partial charge in [0.25, 0.3) is 5.91 Å². The van der Waals surface area contributed by atoms with Gasteiger partial charge in [0.15, 0.2) is 0 Å². The Labute approximate surface area is 181 Å². The highest BCUT2D eigenvalue weighted by Gasteiger charge is 2.12. The summed E-state index contributed by atoms with van der Waals surface area (Å²) >= 11 is 0. The third kappa shape index (κ3) is 5.87. The van der Waals surface area contributed by atoms with Crippen molar-refractivity contribution in [3.8, 4) is 23.3 Å². The Balaban J connectivity index is 1.67. The van der Waals surface area contributed by atoms with E-state index in [1.165, 1.54) is 13.2 Å². The number of hydrogen-bond donors (Lipinski definition) is 1. The fourth-order valence-electron chi connectivity index (χ4n) is 2.82. The van der Waals surface area contributed by atoms with Gasteiger partial charge in [0.2, 0.25) is 0 Å². The molecule has 0 unspecified atom stereocenters. The van der Waals surface area contributed by atoms with E-state index in [1.54, 1.807) is 49.6 Å². The number of amides is 1. The van der Waals surface area contributed by atoms with Crippen LogP contribution in [0.5, 0.6) is 17.2 Å². The van der Waals surface area contributed by atoms with Crippen molar-refractivity contribution in [2.75, 3.05) is 19.5 Å². The number of nitrogens with zero attached hydrogens (tertiary/aromatic N) is 1. The Bertz CT molecular complexity index is 1100. The SMILES string of the molecule is COc1ccc(/C=C(\C#N)C(=O)Nc2ccc(OCc3ccccc3)cc2)c(OC)c1. The summed E-state index contributed by atoms with van der Waals surface area (Å²) in [6.07, 6.45) is 1.48. The summed E-state index contributed by atoms with van der Waals surface area (Å²) in [5, 5.41) is 12.2. The average molecular weight is 414 g/mol. The zero-order valence-corrected chi connectivity index (χ0v) is 17.3. The molecule has 31 heavy (non-hydrogen) atoms. The molecule has 3 aromatic rings. The van der Waals surface area contributed by atoms with Gasteiger partial charge in [-0.25, -0.2) is 0 Å². The Morgan fingerprint density at radius 1 is 0.968 bits per heavy atom. The van der Waals surface area contributed by atoms with Crippen LogP contribution in [0.15, 0.2) is 78.4 Å². The van der Waals surface area contributed by atoms with Crippen LogP contribution in [0.3, 0.4) is 0 Å². The first-order chi connectivity index (χ1) is 15.1. The number of benzene rings is 3. The molecule has 0 radical (unpaired) electrons. The van der Waals surface area contributed by atoms with E-state index in [1.807, 2.05) is 36.4 Å². The van der Waals surface area contributed by atoms with Crippen molar-refractivity contribution in [3.05, 3.63) is 89.5 Å². The van der Waals surface area contributed by atoms with Crippen molar-refractivity contribution in [1.29, 1.82) is 5.26 Å². The van der Waals surface area contributed by atoms with Crippen LogP contribution in [-0.2, 0) is 11.4 Å². The maximum absolute atomic E-state index is 12.6. The molecule has 0 atom stereocenters. The van der Waals surface area contributed by atoms with Gasteiger partial charge in [0.05, 0.1) is 14.2 Å². The summed E-state index contributed by atoms with van der Waals surface area (Å²) in [7, 11) is 3.07. The number of carbonyl (C=O) groups is 1. The lowest BCUT2D eigenvalue weighted by Crippen LogP contribution is -2.13. The van der Waals surface area contributed by atoms with Gasteiger partial charge < -0.3 is 19.5 Å². The molecule has 0 bridgehead atoms. The lowest BCUT2D eigenvalue weighted by Gasteiger charge is -2.09. The van der Waals surface area contributed by atoms with E-state index in [0.717, 1.165) is 5.56 Å². The smallest absolute Gasteiger partial charge is 0.266 e. The third-order valence-electron chi connectivity index (χ3n) is 4.47. The van der Waals surface area contributed by atoms with Crippen molar-refractivity contribution in [2.24, 2.45) is 0 Å². The van der Waals surface area contributed by atoms with Crippen LogP contribution < -0.4 is 19.5 Å². The molecule has 6 nitrogen and oxygen atoms in total. The summed E-state index contributed by atoms with van der Waals surface area (Å²) < 4.78 is 16.2. The van der Waals surface area contributed by atoms with E-state index in [-0.39, 0.29) is 5.57 Å². The number of ether oxygens (including phenoxy) is 3. The largest absolute Gasteiger partial charge is 0.497 e. The molecule has 0 saturated carbocycles. The fraction of sp³-hybridized carbons (Fsp3) is 0.120. The Morgan fingerprint density at radius 3 is 2.32 bits per heavy atom. The summed E-state index contributed by atoms with van der Waals surface area (Å²) in [6.45, 7) is 0.456. The summed E-state index contributed by atoms with van der Waals surface area (Å²) in [5.41, 5.74) is 2.17. The number of nitrogens with one attached hydrogen (secondary N) is 1. The van der Waals surface area contributed by atoms with Crippen LogP contribution >= 0.6 is 0 Å². The van der Waals surface area contributed by atoms with Gasteiger partial charge in [-0.3, -0.25) is 4.79 Å². The molecule has 0 aliphatic carbocycles. The maximum atomic E-state index is 12.6. The molecular formula is C25H22N2O4. The van der Waals surface area contributed by atoms with Crippen LogP contribution in [0.1, 0.15) is 11.1 Å². The standard InChI is InChI=1S/C25H22N2O4/c1-29-23-11-8-19(24(15-23)30-2)14-20(16-26)25(28)27-21-9-12-22(13-10-21)31-17-18-6-4-3-5-7-18/h3-15H,17H2,1-2H3,(H,27,28)/b20-14+. The van der Waals surface area contributed by atoms with Crippen LogP contribution in [-0.4, -0.2) is 20.1 Å². The zero-order valence-electron chi connectivity index (χ0n) is 17.3. The van der Waals surface area contributed by atoms with Crippen LogP contribution in [0.2, 0.25) is 0 Å². The van der Waals surface area contributed by atoms with Crippen LogP contribution in [0.25, 0.3) is 6.08 Å². The lowest BCUT2D eigenvalue weighted by molar-refractivity contribution is -0.112. The van der Waals surface area contributed by atoms with Crippen molar-refractivity contribution >= 4 is 17.7 Å². The third-order valence-corrected chi connectivity index (χ3v) is 4.47. The van der Waals surface area contributed by atoms with Crippen molar-refractivity contribution in [2.45, 2.75) is 6.61 Å². The minimum atomic E-state index is -0.515. The summed E-state index contributed by atoms with van der Waals surface area (Å²) in [4.78, 5) is 12.6. The van der Waals surface area contributed by atoms with Gasteiger partial charge in [0, 0.05) is 17.3 Å². The molecule has 3 rings (SSSR count). The predicted molar refractivity (Wildman–Crippen MR) is 119 cm³/mol. The molecule has 0 fully saturated rings. The zero-order chi connectivity index (χ0) is 22.1. The van der Waals surface area contributed by atoms with Gasteiger partial charge in [-0.15, -0.1) is 0 Å². The average Bonchev–Trinajstić information content (AvgIpc) is 2.82.